The van der Waals surface area contributed by atoms with Gasteiger partial charge < -0.3 is 5.32 Å². The number of hydrogen-bond acceptors (Lipinski definition) is 4. The summed E-state index contributed by atoms with van der Waals surface area (Å²) in [6.07, 6.45) is 1.94. The van der Waals surface area contributed by atoms with E-state index in [1.54, 1.807) is 28.2 Å². The average Bonchev–Trinajstić information content (AvgIpc) is 3.43. The Hall–Kier alpha value is -3.77. The molecule has 6 heteroatoms. The fraction of sp³-hybridized carbons (Fsp3) is 0. The summed E-state index contributed by atoms with van der Waals surface area (Å²) in [6, 6.07) is 26.2. The topological polar surface area (TPSA) is 42.7 Å². The lowest BCUT2D eigenvalue weighted by molar-refractivity contribution is 0.627. The Balaban J connectivity index is 1.56. The Morgan fingerprint density at radius 3 is 2.27 bits per heavy atom. The van der Waals surface area contributed by atoms with E-state index in [0.29, 0.717) is 0 Å². The number of nitrogens with one attached hydrogen (secondary N) is 1. The van der Waals surface area contributed by atoms with Crippen LogP contribution in [-0.2, 0) is 0 Å². The summed E-state index contributed by atoms with van der Waals surface area (Å²) >= 11 is 1.54. The normalized spacial score (nSPS) is 10.8. The van der Waals surface area contributed by atoms with Crippen molar-refractivity contribution in [3.63, 3.8) is 0 Å². The highest BCUT2D eigenvalue weighted by molar-refractivity contribution is 7.14. The Labute approximate surface area is 177 Å². The van der Waals surface area contributed by atoms with Crippen molar-refractivity contribution >= 4 is 22.2 Å². The molecule has 0 aliphatic rings. The molecule has 0 aliphatic heterocycles. The molecule has 0 amide bonds. The SMILES string of the molecule is Fc1ccc(-n2cc(-c3csc(Nc4ccccc4)n3)c(-c3ccccc3)n2)cc1. The van der Waals surface area contributed by atoms with Crippen LogP contribution in [-0.4, -0.2) is 14.8 Å². The second-order valence-corrected chi connectivity index (χ2v) is 7.57. The van der Waals surface area contributed by atoms with E-state index >= 15 is 0 Å². The molecule has 0 atom stereocenters. The lowest BCUT2D eigenvalue weighted by Gasteiger charge is -2.01. The van der Waals surface area contributed by atoms with Gasteiger partial charge in [-0.2, -0.15) is 5.10 Å². The number of benzene rings is 3. The van der Waals surface area contributed by atoms with Gasteiger partial charge in [0, 0.05) is 28.4 Å². The minimum atomic E-state index is -0.273. The van der Waals surface area contributed by atoms with Crippen LogP contribution in [0.2, 0.25) is 0 Å². The summed E-state index contributed by atoms with van der Waals surface area (Å²) < 4.78 is 15.1. The zero-order valence-electron chi connectivity index (χ0n) is 15.9. The molecule has 0 radical (unpaired) electrons. The number of nitrogens with zero attached hydrogens (tertiary/aromatic N) is 3. The molecule has 0 bridgehead atoms. The predicted octanol–water partition coefficient (Wildman–Crippen LogP) is 6.55. The van der Waals surface area contributed by atoms with Crippen LogP contribution in [0.25, 0.3) is 28.2 Å². The van der Waals surface area contributed by atoms with Crippen LogP contribution in [0.4, 0.5) is 15.2 Å². The number of hydrogen-bond donors (Lipinski definition) is 1. The van der Waals surface area contributed by atoms with Crippen molar-refractivity contribution in [2.24, 2.45) is 0 Å². The molecule has 4 nitrogen and oxygen atoms in total. The van der Waals surface area contributed by atoms with Crippen molar-refractivity contribution in [1.82, 2.24) is 14.8 Å². The molecule has 0 fully saturated rings. The number of anilines is 2. The fourth-order valence-corrected chi connectivity index (χ4v) is 3.93. The van der Waals surface area contributed by atoms with Gasteiger partial charge in [-0.15, -0.1) is 11.3 Å². The zero-order valence-corrected chi connectivity index (χ0v) is 16.7. The lowest BCUT2D eigenvalue weighted by Crippen LogP contribution is -1.94. The predicted molar refractivity (Wildman–Crippen MR) is 120 cm³/mol. The molecule has 0 spiro atoms. The van der Waals surface area contributed by atoms with Gasteiger partial charge in [0.1, 0.15) is 11.5 Å². The minimum absolute atomic E-state index is 0.273. The molecular formula is C24H17FN4S. The maximum absolute atomic E-state index is 13.4. The van der Waals surface area contributed by atoms with Gasteiger partial charge in [-0.25, -0.2) is 14.1 Å². The molecule has 0 aliphatic carbocycles. The Morgan fingerprint density at radius 1 is 0.833 bits per heavy atom. The molecule has 1 N–H and O–H groups in total. The van der Waals surface area contributed by atoms with Crippen molar-refractivity contribution in [1.29, 1.82) is 0 Å². The maximum atomic E-state index is 13.4. The summed E-state index contributed by atoms with van der Waals surface area (Å²) in [6.45, 7) is 0. The second kappa shape index (κ2) is 7.93. The average molecular weight is 412 g/mol. The molecule has 0 saturated heterocycles. The van der Waals surface area contributed by atoms with Gasteiger partial charge in [0.05, 0.1) is 11.4 Å². The number of rotatable bonds is 5. The number of aromatic nitrogens is 3. The molecular weight excluding hydrogens is 395 g/mol. The van der Waals surface area contributed by atoms with Gasteiger partial charge in [0.2, 0.25) is 0 Å². The van der Waals surface area contributed by atoms with E-state index in [1.165, 1.54) is 12.1 Å². The molecule has 146 valence electrons. The first-order valence-corrected chi connectivity index (χ1v) is 10.3. The van der Waals surface area contributed by atoms with Crippen molar-refractivity contribution in [3.05, 3.63) is 102 Å². The Kier molecular flexibility index (Phi) is 4.83. The Bertz CT molecular complexity index is 1260. The van der Waals surface area contributed by atoms with Crippen LogP contribution in [0, 0.1) is 5.82 Å². The number of halogens is 1. The van der Waals surface area contributed by atoms with Crippen LogP contribution in [0.1, 0.15) is 0 Å². The molecule has 2 aromatic heterocycles. The van der Waals surface area contributed by atoms with Crippen LogP contribution in [0.15, 0.2) is 96.5 Å². The third kappa shape index (κ3) is 3.73. The standard InChI is InChI=1S/C24H17FN4S/c25-18-11-13-20(14-12-18)29-15-21(23(28-29)17-7-3-1-4-8-17)22-16-30-24(27-22)26-19-9-5-2-6-10-19/h1-16H,(H,26,27). The fourth-order valence-electron chi connectivity index (χ4n) is 3.20. The van der Waals surface area contributed by atoms with E-state index in [9.17, 15) is 4.39 Å². The van der Waals surface area contributed by atoms with Gasteiger partial charge in [0.15, 0.2) is 5.13 Å². The summed E-state index contributed by atoms with van der Waals surface area (Å²) in [4.78, 5) is 4.78. The van der Waals surface area contributed by atoms with Gasteiger partial charge in [0.25, 0.3) is 0 Å². The smallest absolute Gasteiger partial charge is 0.187 e. The monoisotopic (exact) mass is 412 g/mol. The van der Waals surface area contributed by atoms with Crippen LogP contribution in [0.5, 0.6) is 0 Å². The van der Waals surface area contributed by atoms with Crippen LogP contribution in [0.3, 0.4) is 0 Å². The minimum Gasteiger partial charge on any atom is -0.332 e. The maximum Gasteiger partial charge on any atom is 0.187 e. The summed E-state index contributed by atoms with van der Waals surface area (Å²) in [5.41, 5.74) is 5.37. The molecule has 5 rings (SSSR count). The van der Waals surface area contributed by atoms with E-state index in [-0.39, 0.29) is 5.82 Å². The number of thiazole rings is 1. The van der Waals surface area contributed by atoms with Crippen molar-refractivity contribution < 1.29 is 4.39 Å². The quantitative estimate of drug-likeness (QED) is 0.356. The summed E-state index contributed by atoms with van der Waals surface area (Å²) in [5.74, 6) is -0.273. The first kappa shape index (κ1) is 18.3. The lowest BCUT2D eigenvalue weighted by atomic mass is 10.1. The zero-order chi connectivity index (χ0) is 20.3. The third-order valence-corrected chi connectivity index (χ3v) is 5.42. The summed E-state index contributed by atoms with van der Waals surface area (Å²) in [5, 5.41) is 11.0. The first-order valence-electron chi connectivity index (χ1n) is 9.45. The highest BCUT2D eigenvalue weighted by Gasteiger charge is 2.17. The van der Waals surface area contributed by atoms with Crippen molar-refractivity contribution in [3.8, 4) is 28.2 Å². The molecule has 30 heavy (non-hydrogen) atoms. The molecule has 0 unspecified atom stereocenters. The third-order valence-electron chi connectivity index (χ3n) is 4.66. The van der Waals surface area contributed by atoms with E-state index in [0.717, 1.165) is 39.0 Å². The second-order valence-electron chi connectivity index (χ2n) is 6.71. The van der Waals surface area contributed by atoms with Crippen molar-refractivity contribution in [2.75, 3.05) is 5.32 Å². The van der Waals surface area contributed by atoms with Crippen molar-refractivity contribution in [2.45, 2.75) is 0 Å². The largest absolute Gasteiger partial charge is 0.332 e. The molecule has 0 saturated carbocycles. The molecule has 3 aromatic carbocycles. The van der Waals surface area contributed by atoms with E-state index < -0.39 is 0 Å². The number of para-hydroxylation sites is 1. The van der Waals surface area contributed by atoms with Crippen LogP contribution >= 0.6 is 11.3 Å². The van der Waals surface area contributed by atoms with Gasteiger partial charge >= 0.3 is 0 Å². The van der Waals surface area contributed by atoms with Gasteiger partial charge in [-0.05, 0) is 36.4 Å². The highest BCUT2D eigenvalue weighted by Crippen LogP contribution is 2.34. The summed E-state index contributed by atoms with van der Waals surface area (Å²) in [7, 11) is 0. The molecule has 2 heterocycles. The van der Waals surface area contributed by atoms with E-state index in [1.807, 2.05) is 72.2 Å². The van der Waals surface area contributed by atoms with E-state index in [2.05, 4.69) is 5.32 Å². The van der Waals surface area contributed by atoms with Gasteiger partial charge in [-0.1, -0.05) is 48.5 Å². The first-order chi connectivity index (χ1) is 14.8. The van der Waals surface area contributed by atoms with Gasteiger partial charge in [-0.3, -0.25) is 0 Å². The Morgan fingerprint density at radius 2 is 1.53 bits per heavy atom. The van der Waals surface area contributed by atoms with E-state index in [4.69, 9.17) is 10.1 Å². The molecule has 5 aromatic rings. The highest BCUT2D eigenvalue weighted by atomic mass is 32.1. The van der Waals surface area contributed by atoms with Crippen LogP contribution < -0.4 is 5.32 Å².